The number of amides is 2. The predicted octanol–water partition coefficient (Wildman–Crippen LogP) is 4.76. The number of ketones is 1. The summed E-state index contributed by atoms with van der Waals surface area (Å²) in [6.07, 6.45) is -0.0661. The number of Topliss-reactive ketones (excluding diaryl/α,β-unsaturated/α-hetero) is 1. The molecule has 0 aliphatic carbocycles. The van der Waals surface area contributed by atoms with E-state index in [1.54, 1.807) is 41.9 Å². The number of carbonyl (C=O) groups excluding carboxylic acids is 2. The van der Waals surface area contributed by atoms with Crippen molar-refractivity contribution in [1.82, 2.24) is 4.98 Å². The van der Waals surface area contributed by atoms with Crippen molar-refractivity contribution in [2.45, 2.75) is 6.42 Å². The summed E-state index contributed by atoms with van der Waals surface area (Å²) < 4.78 is 0. The minimum Gasteiger partial charge on any atom is -0.465 e. The van der Waals surface area contributed by atoms with E-state index in [0.717, 1.165) is 11.3 Å². The molecular weight excluding hydrogens is 402 g/mol. The molecule has 9 heteroatoms. The Morgan fingerprint density at radius 1 is 1.07 bits per heavy atom. The van der Waals surface area contributed by atoms with Crippen LogP contribution in [0.15, 0.2) is 54.0 Å². The van der Waals surface area contributed by atoms with E-state index in [1.165, 1.54) is 6.07 Å². The number of benzene rings is 1. The fraction of sp³-hybridized carbons (Fsp3) is 0.0526. The Morgan fingerprint density at radius 2 is 1.89 bits per heavy atom. The number of nitrogens with zero attached hydrogens (tertiary/aromatic N) is 1. The van der Waals surface area contributed by atoms with Crippen molar-refractivity contribution in [2.24, 2.45) is 0 Å². The first kappa shape index (κ1) is 19.5. The number of hydrogen-bond acceptors (Lipinski definition) is 5. The van der Waals surface area contributed by atoms with E-state index in [9.17, 15) is 14.4 Å². The Balaban J connectivity index is 1.83. The highest BCUT2D eigenvalue weighted by Gasteiger charge is 2.18. The lowest BCUT2D eigenvalue weighted by molar-refractivity contribution is -0.115. The van der Waals surface area contributed by atoms with Crippen molar-refractivity contribution in [2.75, 3.05) is 10.6 Å². The van der Waals surface area contributed by atoms with Gasteiger partial charge in [0.05, 0.1) is 33.4 Å². The molecular formula is C19H14ClN3O4S. The topological polar surface area (TPSA) is 108 Å². The van der Waals surface area contributed by atoms with Gasteiger partial charge in [0.15, 0.2) is 5.78 Å². The molecule has 2 amide bonds. The van der Waals surface area contributed by atoms with Crippen molar-refractivity contribution in [3.8, 4) is 11.3 Å². The van der Waals surface area contributed by atoms with Gasteiger partial charge >= 0.3 is 6.09 Å². The van der Waals surface area contributed by atoms with Gasteiger partial charge in [0.25, 0.3) is 0 Å². The number of anilines is 2. The summed E-state index contributed by atoms with van der Waals surface area (Å²) in [6.45, 7) is 0. The third-order valence-electron chi connectivity index (χ3n) is 3.69. The maximum atomic E-state index is 12.4. The van der Waals surface area contributed by atoms with Crippen molar-refractivity contribution in [3.05, 3.63) is 63.9 Å². The lowest BCUT2D eigenvalue weighted by Crippen LogP contribution is -2.18. The molecule has 3 aromatic rings. The monoisotopic (exact) mass is 415 g/mol. The molecule has 0 aliphatic rings. The second kappa shape index (κ2) is 8.64. The van der Waals surface area contributed by atoms with Crippen LogP contribution in [0.25, 0.3) is 11.3 Å². The molecule has 3 N–H and O–H groups in total. The highest BCUT2D eigenvalue weighted by Crippen LogP contribution is 2.29. The maximum absolute atomic E-state index is 12.4. The number of aromatic nitrogens is 1. The molecule has 0 spiro atoms. The quantitative estimate of drug-likeness (QED) is 0.397. The number of hydrogen-bond donors (Lipinski definition) is 3. The molecule has 0 bridgehead atoms. The highest BCUT2D eigenvalue weighted by atomic mass is 35.5. The van der Waals surface area contributed by atoms with Gasteiger partial charge in [-0.05, 0) is 35.7 Å². The van der Waals surface area contributed by atoms with E-state index in [4.69, 9.17) is 16.7 Å². The van der Waals surface area contributed by atoms with Crippen LogP contribution in [-0.4, -0.2) is 27.9 Å². The first-order valence-electron chi connectivity index (χ1n) is 8.05. The fourth-order valence-electron chi connectivity index (χ4n) is 2.48. The number of nitrogens with one attached hydrogen (secondary N) is 2. The second-order valence-electron chi connectivity index (χ2n) is 5.65. The summed E-state index contributed by atoms with van der Waals surface area (Å²) >= 11 is 7.08. The van der Waals surface area contributed by atoms with Crippen LogP contribution in [-0.2, 0) is 4.79 Å². The van der Waals surface area contributed by atoms with Crippen LogP contribution in [0, 0.1) is 0 Å². The summed E-state index contributed by atoms with van der Waals surface area (Å²) in [7, 11) is 0. The number of halogens is 1. The summed E-state index contributed by atoms with van der Waals surface area (Å²) in [5, 5.41) is 15.8. The van der Waals surface area contributed by atoms with Crippen LogP contribution in [0.4, 0.5) is 16.2 Å². The molecule has 0 saturated heterocycles. The number of carboxylic acid groups (broad SMARTS) is 1. The van der Waals surface area contributed by atoms with Gasteiger partial charge in [-0.15, -0.1) is 11.3 Å². The molecule has 0 aliphatic heterocycles. The average molecular weight is 416 g/mol. The van der Waals surface area contributed by atoms with Gasteiger partial charge in [0.2, 0.25) is 5.91 Å². The van der Waals surface area contributed by atoms with Gasteiger partial charge < -0.3 is 10.4 Å². The average Bonchev–Trinajstić information content (AvgIpc) is 3.09. The third kappa shape index (κ3) is 4.73. The molecule has 0 unspecified atom stereocenters. The number of rotatable bonds is 6. The van der Waals surface area contributed by atoms with Crippen molar-refractivity contribution < 1.29 is 19.5 Å². The molecule has 7 nitrogen and oxygen atoms in total. The summed E-state index contributed by atoms with van der Waals surface area (Å²) in [6, 6.07) is 11.7. The zero-order valence-corrected chi connectivity index (χ0v) is 15.9. The summed E-state index contributed by atoms with van der Waals surface area (Å²) in [5.41, 5.74) is 1.74. The Bertz CT molecular complexity index is 1040. The lowest BCUT2D eigenvalue weighted by atomic mass is 10.1. The number of carbonyl (C=O) groups is 3. The first-order valence-corrected chi connectivity index (χ1v) is 9.31. The van der Waals surface area contributed by atoms with Gasteiger partial charge in [0.1, 0.15) is 0 Å². The first-order chi connectivity index (χ1) is 13.4. The van der Waals surface area contributed by atoms with Gasteiger partial charge in [-0.1, -0.05) is 23.7 Å². The SMILES string of the molecule is O=C(O)Nc1ccc(-c2ccccn2)cc1NC(=O)CC(=O)c1sccc1Cl. The second-order valence-corrected chi connectivity index (χ2v) is 6.97. The molecule has 2 heterocycles. The van der Waals surface area contributed by atoms with Gasteiger partial charge in [-0.3, -0.25) is 19.9 Å². The van der Waals surface area contributed by atoms with Crippen LogP contribution >= 0.6 is 22.9 Å². The maximum Gasteiger partial charge on any atom is 0.409 e. The molecule has 0 saturated carbocycles. The Labute approximate surface area is 169 Å². The van der Waals surface area contributed by atoms with E-state index in [1.807, 2.05) is 6.07 Å². The van der Waals surface area contributed by atoms with Gasteiger partial charge in [-0.25, -0.2) is 4.79 Å². The van der Waals surface area contributed by atoms with E-state index in [2.05, 4.69) is 15.6 Å². The molecule has 28 heavy (non-hydrogen) atoms. The number of thiophene rings is 1. The third-order valence-corrected chi connectivity index (χ3v) is 5.07. The zero-order valence-electron chi connectivity index (χ0n) is 14.3. The van der Waals surface area contributed by atoms with Gasteiger partial charge in [0, 0.05) is 11.8 Å². The van der Waals surface area contributed by atoms with E-state index < -0.39 is 24.2 Å². The summed E-state index contributed by atoms with van der Waals surface area (Å²) in [4.78, 5) is 40.1. The molecule has 3 rings (SSSR count). The minimum atomic E-state index is -1.28. The largest absolute Gasteiger partial charge is 0.465 e. The Kier molecular flexibility index (Phi) is 6.03. The zero-order chi connectivity index (χ0) is 20.1. The van der Waals surface area contributed by atoms with Crippen LogP contribution < -0.4 is 10.6 Å². The molecule has 0 fully saturated rings. The lowest BCUT2D eigenvalue weighted by Gasteiger charge is -2.12. The van der Waals surface area contributed by atoms with Crippen LogP contribution in [0.5, 0.6) is 0 Å². The minimum absolute atomic E-state index is 0.183. The van der Waals surface area contributed by atoms with Crippen molar-refractivity contribution in [3.63, 3.8) is 0 Å². The molecule has 1 aromatic carbocycles. The Hall–Kier alpha value is -3.23. The predicted molar refractivity (Wildman–Crippen MR) is 108 cm³/mol. The summed E-state index contributed by atoms with van der Waals surface area (Å²) in [5.74, 6) is -0.993. The molecule has 0 radical (unpaired) electrons. The van der Waals surface area contributed by atoms with Crippen LogP contribution in [0.2, 0.25) is 5.02 Å². The van der Waals surface area contributed by atoms with Crippen molar-refractivity contribution >= 4 is 52.1 Å². The van der Waals surface area contributed by atoms with Gasteiger partial charge in [-0.2, -0.15) is 0 Å². The van der Waals surface area contributed by atoms with E-state index in [-0.39, 0.29) is 11.4 Å². The smallest absolute Gasteiger partial charge is 0.409 e. The van der Waals surface area contributed by atoms with Crippen molar-refractivity contribution in [1.29, 1.82) is 0 Å². The van der Waals surface area contributed by atoms with E-state index in [0.29, 0.717) is 21.2 Å². The highest BCUT2D eigenvalue weighted by molar-refractivity contribution is 7.12. The number of pyridine rings is 1. The standard InChI is InChI=1S/C19H14ClN3O4S/c20-12-6-8-28-18(12)16(24)10-17(25)22-15-9-11(13-3-1-2-7-21-13)4-5-14(15)23-19(26)27/h1-9,23H,10H2,(H,22,25)(H,26,27). The fourth-order valence-corrected chi connectivity index (χ4v) is 3.58. The Morgan fingerprint density at radius 3 is 2.54 bits per heavy atom. The molecule has 2 aromatic heterocycles. The van der Waals surface area contributed by atoms with Crippen LogP contribution in [0.3, 0.4) is 0 Å². The van der Waals surface area contributed by atoms with Crippen LogP contribution in [0.1, 0.15) is 16.1 Å². The van der Waals surface area contributed by atoms with E-state index >= 15 is 0 Å². The molecule has 0 atom stereocenters. The normalized spacial score (nSPS) is 10.3. The molecule has 142 valence electrons.